The minimum Gasteiger partial charge on any atom is -0.494 e. The number of aromatic nitrogens is 1. The van der Waals surface area contributed by atoms with Gasteiger partial charge in [-0.15, -0.1) is 0 Å². The van der Waals surface area contributed by atoms with E-state index in [1.54, 1.807) is 6.07 Å². The van der Waals surface area contributed by atoms with Crippen molar-refractivity contribution in [3.8, 4) is 5.75 Å². The third kappa shape index (κ3) is 5.10. The Labute approximate surface area is 250 Å². The van der Waals surface area contributed by atoms with Crippen LogP contribution in [0.5, 0.6) is 5.75 Å². The summed E-state index contributed by atoms with van der Waals surface area (Å²) in [5, 5.41) is 9.81. The predicted octanol–water partition coefficient (Wildman–Crippen LogP) is 4.73. The molecule has 5 aliphatic rings. The van der Waals surface area contributed by atoms with Crippen LogP contribution in [0.25, 0.3) is 0 Å². The number of alkyl halides is 3. The fraction of sp³-hybridized carbons (Fsp3) is 0.484. The van der Waals surface area contributed by atoms with Crippen LogP contribution in [-0.4, -0.2) is 55.0 Å². The second kappa shape index (κ2) is 10.9. The first kappa shape index (κ1) is 28.8. The first-order chi connectivity index (χ1) is 21.1. The van der Waals surface area contributed by atoms with E-state index in [9.17, 15) is 27.2 Å². The molecule has 1 aromatic carbocycles. The van der Waals surface area contributed by atoms with Crippen LogP contribution >= 0.6 is 0 Å². The van der Waals surface area contributed by atoms with Gasteiger partial charge in [-0.1, -0.05) is 16.8 Å². The van der Waals surface area contributed by atoms with Crippen LogP contribution < -0.4 is 15.4 Å². The quantitative estimate of drug-likeness (QED) is 0.345. The zero-order chi connectivity index (χ0) is 30.7. The molecule has 232 valence electrons. The number of hydrogen-bond donors (Lipinski definition) is 2. The Morgan fingerprint density at radius 2 is 1.86 bits per heavy atom. The number of methoxy groups -OCH3 is 1. The highest BCUT2D eigenvalue weighted by molar-refractivity contribution is 6.05. The molecule has 3 heterocycles. The van der Waals surface area contributed by atoms with Gasteiger partial charge in [-0.25, -0.2) is 4.39 Å². The van der Waals surface area contributed by atoms with Gasteiger partial charge in [0.1, 0.15) is 17.3 Å². The lowest BCUT2D eigenvalue weighted by Crippen LogP contribution is -2.48. The first-order valence-corrected chi connectivity index (χ1v) is 14.7. The normalized spacial score (nSPS) is 29.8. The second-order valence-electron chi connectivity index (χ2n) is 12.0. The Bertz CT molecular complexity index is 1570. The number of carbonyl (C=O) groups excluding carboxylic acids is 2. The molecular formula is C31H30F4N4O5. The van der Waals surface area contributed by atoms with Gasteiger partial charge in [0.15, 0.2) is 6.10 Å². The van der Waals surface area contributed by atoms with Crippen LogP contribution in [0.15, 0.2) is 47.3 Å². The number of hydrogen-bond acceptors (Lipinski definition) is 7. The Morgan fingerprint density at radius 1 is 1.07 bits per heavy atom. The molecule has 2 amide bonds. The molecule has 13 heteroatoms. The van der Waals surface area contributed by atoms with E-state index in [0.717, 1.165) is 37.3 Å². The lowest BCUT2D eigenvalue weighted by Gasteiger charge is -2.30. The van der Waals surface area contributed by atoms with Crippen molar-refractivity contribution in [2.24, 2.45) is 34.7 Å². The molecule has 0 spiro atoms. The van der Waals surface area contributed by atoms with E-state index in [1.165, 1.54) is 13.3 Å². The number of carbonyl (C=O) groups is 2. The molecular weight excluding hydrogens is 584 g/mol. The molecule has 2 aliphatic heterocycles. The van der Waals surface area contributed by atoms with Gasteiger partial charge in [0, 0.05) is 17.6 Å². The number of fused-ring (bicyclic) bond motifs is 3. The average molecular weight is 615 g/mol. The number of oxime groups is 1. The fourth-order valence-corrected chi connectivity index (χ4v) is 7.08. The van der Waals surface area contributed by atoms with Crippen molar-refractivity contribution in [2.75, 3.05) is 25.6 Å². The largest absolute Gasteiger partial charge is 0.494 e. The number of amides is 2. The van der Waals surface area contributed by atoms with Crippen LogP contribution in [0.3, 0.4) is 0 Å². The van der Waals surface area contributed by atoms with Gasteiger partial charge >= 0.3 is 6.18 Å². The number of halogens is 4. The van der Waals surface area contributed by atoms with Crippen molar-refractivity contribution in [3.63, 3.8) is 0 Å². The summed E-state index contributed by atoms with van der Waals surface area (Å²) in [6.45, 7) is 0.844. The van der Waals surface area contributed by atoms with Crippen molar-refractivity contribution >= 4 is 23.2 Å². The zero-order valence-electron chi connectivity index (χ0n) is 23.7. The number of anilines is 1. The van der Waals surface area contributed by atoms with Crippen molar-refractivity contribution < 1.29 is 41.5 Å². The Morgan fingerprint density at radius 3 is 2.61 bits per heavy atom. The van der Waals surface area contributed by atoms with Crippen molar-refractivity contribution in [1.29, 1.82) is 0 Å². The average Bonchev–Trinajstić information content (AvgIpc) is 3.27. The van der Waals surface area contributed by atoms with Crippen molar-refractivity contribution in [3.05, 3.63) is 64.7 Å². The fourth-order valence-electron chi connectivity index (χ4n) is 7.08. The molecule has 1 aromatic heterocycles. The van der Waals surface area contributed by atoms with Crippen LogP contribution in [0, 0.1) is 35.4 Å². The molecule has 2 unspecified atom stereocenters. The van der Waals surface area contributed by atoms with Gasteiger partial charge in [-0.05, 0) is 61.8 Å². The minimum absolute atomic E-state index is 0.101. The smallest absolute Gasteiger partial charge is 0.419 e. The van der Waals surface area contributed by atoms with Crippen molar-refractivity contribution in [1.82, 2.24) is 10.3 Å². The molecule has 3 saturated carbocycles. The number of rotatable bonds is 7. The number of benzene rings is 1. The number of pyridine rings is 1. The zero-order valence-corrected chi connectivity index (χ0v) is 23.7. The van der Waals surface area contributed by atoms with E-state index in [0.29, 0.717) is 42.7 Å². The second-order valence-corrected chi connectivity index (χ2v) is 12.0. The topological polar surface area (TPSA) is 111 Å². The molecule has 9 nitrogen and oxygen atoms in total. The summed E-state index contributed by atoms with van der Waals surface area (Å²) in [6, 6.07) is 3.34. The van der Waals surface area contributed by atoms with Crippen LogP contribution in [0.1, 0.15) is 47.3 Å². The summed E-state index contributed by atoms with van der Waals surface area (Å²) in [6.07, 6.45) is 2.13. The summed E-state index contributed by atoms with van der Waals surface area (Å²) in [5.74, 6) is -2.90. The molecule has 4 fully saturated rings. The lowest BCUT2D eigenvalue weighted by atomic mass is 9.83. The van der Waals surface area contributed by atoms with Crippen molar-refractivity contribution in [2.45, 2.75) is 44.0 Å². The number of nitrogens with one attached hydrogen (secondary N) is 2. The van der Waals surface area contributed by atoms with E-state index in [-0.39, 0.29) is 40.9 Å². The van der Waals surface area contributed by atoms with E-state index >= 15 is 0 Å². The molecule has 2 bridgehead atoms. The van der Waals surface area contributed by atoms with Gasteiger partial charge in [0.2, 0.25) is 5.91 Å². The molecule has 6 atom stereocenters. The molecule has 44 heavy (non-hydrogen) atoms. The third-order valence-electron chi connectivity index (χ3n) is 9.35. The van der Waals surface area contributed by atoms with Gasteiger partial charge in [0.05, 0.1) is 55.2 Å². The summed E-state index contributed by atoms with van der Waals surface area (Å²) in [4.78, 5) is 37.5. The van der Waals surface area contributed by atoms with Gasteiger partial charge in [0.25, 0.3) is 5.91 Å². The van der Waals surface area contributed by atoms with Crippen LogP contribution in [0.2, 0.25) is 0 Å². The molecule has 1 saturated heterocycles. The Kier molecular flexibility index (Phi) is 7.10. The van der Waals surface area contributed by atoms with Gasteiger partial charge < -0.3 is 24.9 Å². The standard InChI is InChI=1S/C31H30F4N4O5/c1-42-24-11-36-23(27-20-12-43-13-25(20)44-39-27)10-19(24)29(40)38-28-17-6-5-16(18(17)8-14-2-3-14)26(28)30(41)37-15-4-7-22(32)21(9-15)31(33,34)35/h4,7-11,14,16-17,20,25-26,28H,2-3,5-6,12-13H2,1H3,(H,37,41)(H,38,40)/b18-8-/t16-,17+,20?,25?,26-,28+/m0/s1. The molecule has 7 rings (SSSR count). The Balaban J connectivity index is 1.17. The molecule has 2 aromatic rings. The predicted molar refractivity (Wildman–Crippen MR) is 148 cm³/mol. The van der Waals surface area contributed by atoms with E-state index in [4.69, 9.17) is 14.3 Å². The summed E-state index contributed by atoms with van der Waals surface area (Å²) in [5.41, 5.74) is 0.704. The number of nitrogens with zero attached hydrogens (tertiary/aromatic N) is 2. The van der Waals surface area contributed by atoms with Crippen LogP contribution in [0.4, 0.5) is 23.2 Å². The molecule has 2 N–H and O–H groups in total. The molecule has 3 aliphatic carbocycles. The summed E-state index contributed by atoms with van der Waals surface area (Å²) < 4.78 is 64.9. The van der Waals surface area contributed by atoms with E-state index < -0.39 is 41.3 Å². The lowest BCUT2D eigenvalue weighted by molar-refractivity contribution is -0.140. The third-order valence-corrected chi connectivity index (χ3v) is 9.35. The van der Waals surface area contributed by atoms with Crippen LogP contribution in [-0.2, 0) is 20.5 Å². The number of allylic oxidation sites excluding steroid dienone is 1. The van der Waals surface area contributed by atoms with E-state index in [2.05, 4.69) is 26.8 Å². The van der Waals surface area contributed by atoms with Gasteiger partial charge in [-0.3, -0.25) is 14.6 Å². The maximum absolute atomic E-state index is 13.9. The van der Waals surface area contributed by atoms with E-state index in [1.807, 2.05) is 0 Å². The maximum Gasteiger partial charge on any atom is 0.419 e. The summed E-state index contributed by atoms with van der Waals surface area (Å²) in [7, 11) is 1.42. The first-order valence-electron chi connectivity index (χ1n) is 14.7. The SMILES string of the molecule is COc1cnc(C2=NOC3COCC23)cc1C(=O)N[C@H]1[C@@H](C(=O)Nc2ccc(F)c(C(F)(F)F)c2)[C@H]2CC[C@@H]1/C2=C\C1CC1. The molecule has 0 radical (unpaired) electrons. The highest BCUT2D eigenvalue weighted by atomic mass is 19.4. The number of ether oxygens (including phenoxy) is 2. The van der Waals surface area contributed by atoms with Gasteiger partial charge in [-0.2, -0.15) is 13.2 Å². The monoisotopic (exact) mass is 614 g/mol. The minimum atomic E-state index is -4.92. The maximum atomic E-state index is 13.9. The highest BCUT2D eigenvalue weighted by Crippen LogP contribution is 2.54. The highest BCUT2D eigenvalue weighted by Gasteiger charge is 2.55. The summed E-state index contributed by atoms with van der Waals surface area (Å²) >= 11 is 0. The Hall–Kier alpha value is -4.00.